The third kappa shape index (κ3) is 4.40. The molecule has 0 radical (unpaired) electrons. The number of hydrogen-bond donors (Lipinski definition) is 2. The molecule has 0 aliphatic rings. The molecule has 0 saturated carbocycles. The van der Waals surface area contributed by atoms with Crippen LogP contribution in [-0.4, -0.2) is 14.8 Å². The molecule has 0 aliphatic heterocycles. The Morgan fingerprint density at radius 1 is 0.903 bits per heavy atom. The Labute approximate surface area is 179 Å². The van der Waals surface area contributed by atoms with Gasteiger partial charge in [-0.3, -0.25) is 4.79 Å². The van der Waals surface area contributed by atoms with Crippen LogP contribution in [0.4, 0.5) is 0 Å². The maximum atomic E-state index is 12.2. The number of benzene rings is 3. The Balaban J connectivity index is 1.76. The molecule has 3 aromatic carbocycles. The number of aromatic hydroxyl groups is 1. The van der Waals surface area contributed by atoms with Crippen molar-refractivity contribution in [3.05, 3.63) is 118 Å². The highest BCUT2D eigenvalue weighted by Crippen LogP contribution is 2.26. The average molecular weight is 408 g/mol. The van der Waals surface area contributed by atoms with Gasteiger partial charge in [-0.25, -0.2) is 0 Å². The molecule has 31 heavy (non-hydrogen) atoms. The van der Waals surface area contributed by atoms with Crippen molar-refractivity contribution >= 4 is 0 Å². The van der Waals surface area contributed by atoms with Crippen LogP contribution in [0.1, 0.15) is 22.9 Å². The zero-order chi connectivity index (χ0) is 21.8. The highest BCUT2D eigenvalue weighted by molar-refractivity contribution is 5.66. The standard InChI is InChI=1S/C26H20N2O3/c27-16-19-7-4-6-18(12-19)13-24(29)23-15-25(30)26(31)17-28(23)22-11-5-10-21(14-22)20-8-2-1-3-9-20/h1-12,14-15,17,24,29,31H,13H2. The van der Waals surface area contributed by atoms with E-state index in [4.69, 9.17) is 5.26 Å². The van der Waals surface area contributed by atoms with E-state index in [1.165, 1.54) is 12.3 Å². The molecule has 0 bridgehead atoms. The molecule has 1 aromatic heterocycles. The Morgan fingerprint density at radius 3 is 2.42 bits per heavy atom. The number of nitriles is 1. The van der Waals surface area contributed by atoms with E-state index in [1.54, 1.807) is 22.8 Å². The molecule has 2 N–H and O–H groups in total. The predicted molar refractivity (Wildman–Crippen MR) is 119 cm³/mol. The van der Waals surface area contributed by atoms with Crippen molar-refractivity contribution in [2.24, 2.45) is 0 Å². The van der Waals surface area contributed by atoms with Crippen molar-refractivity contribution in [3.63, 3.8) is 0 Å². The van der Waals surface area contributed by atoms with Crippen LogP contribution < -0.4 is 5.43 Å². The Hall–Kier alpha value is -4.14. The molecule has 152 valence electrons. The summed E-state index contributed by atoms with van der Waals surface area (Å²) in [6.45, 7) is 0. The van der Waals surface area contributed by atoms with E-state index < -0.39 is 17.3 Å². The minimum Gasteiger partial charge on any atom is -0.503 e. The number of nitrogens with zero attached hydrogens (tertiary/aromatic N) is 2. The predicted octanol–water partition coefficient (Wildman–Crippen LogP) is 4.36. The number of rotatable bonds is 5. The summed E-state index contributed by atoms with van der Waals surface area (Å²) in [5.41, 5.74) is 3.78. The molecule has 1 unspecified atom stereocenters. The fourth-order valence-electron chi connectivity index (χ4n) is 3.58. The molecule has 4 rings (SSSR count). The molecule has 5 heteroatoms. The molecule has 4 aromatic rings. The minimum absolute atomic E-state index is 0.220. The van der Waals surface area contributed by atoms with Gasteiger partial charge in [-0.15, -0.1) is 0 Å². The van der Waals surface area contributed by atoms with Gasteiger partial charge in [-0.2, -0.15) is 5.26 Å². The van der Waals surface area contributed by atoms with Gasteiger partial charge < -0.3 is 14.8 Å². The van der Waals surface area contributed by atoms with Gasteiger partial charge in [0.05, 0.1) is 29.6 Å². The molecule has 0 saturated heterocycles. The molecule has 1 heterocycles. The van der Waals surface area contributed by atoms with Crippen LogP contribution >= 0.6 is 0 Å². The minimum atomic E-state index is -1.01. The van der Waals surface area contributed by atoms with Gasteiger partial charge in [0, 0.05) is 18.2 Å². The summed E-state index contributed by atoms with van der Waals surface area (Å²) >= 11 is 0. The SMILES string of the molecule is N#Cc1cccc(CC(O)c2cc(=O)c(O)cn2-c2cccc(-c3ccccc3)c2)c1. The summed E-state index contributed by atoms with van der Waals surface area (Å²) in [6.07, 6.45) is 0.539. The molecular weight excluding hydrogens is 388 g/mol. The molecule has 5 nitrogen and oxygen atoms in total. The Kier molecular flexibility index (Phi) is 5.65. The molecule has 0 spiro atoms. The first-order chi connectivity index (χ1) is 15.0. The van der Waals surface area contributed by atoms with Gasteiger partial charge in [0.25, 0.3) is 0 Å². The molecule has 0 amide bonds. The van der Waals surface area contributed by atoms with Crippen molar-refractivity contribution in [2.45, 2.75) is 12.5 Å². The highest BCUT2D eigenvalue weighted by atomic mass is 16.3. The number of hydrogen-bond acceptors (Lipinski definition) is 4. The third-order valence-corrected chi connectivity index (χ3v) is 5.12. The van der Waals surface area contributed by atoms with E-state index >= 15 is 0 Å². The molecule has 0 fully saturated rings. The summed E-state index contributed by atoms with van der Waals surface area (Å²) in [5, 5.41) is 30.1. The molecular formula is C26H20N2O3. The lowest BCUT2D eigenvalue weighted by Gasteiger charge is -2.19. The fourth-order valence-corrected chi connectivity index (χ4v) is 3.58. The van der Waals surface area contributed by atoms with Crippen LogP contribution in [-0.2, 0) is 6.42 Å². The van der Waals surface area contributed by atoms with E-state index in [9.17, 15) is 15.0 Å². The number of pyridine rings is 1. The lowest BCUT2D eigenvalue weighted by molar-refractivity contribution is 0.170. The van der Waals surface area contributed by atoms with Gasteiger partial charge >= 0.3 is 0 Å². The second-order valence-electron chi connectivity index (χ2n) is 7.27. The Bertz CT molecular complexity index is 1320. The van der Waals surface area contributed by atoms with Crippen LogP contribution in [0.5, 0.6) is 5.75 Å². The van der Waals surface area contributed by atoms with Crippen molar-refractivity contribution in [3.8, 4) is 28.6 Å². The second kappa shape index (κ2) is 8.70. The van der Waals surface area contributed by atoms with Crippen molar-refractivity contribution in [1.82, 2.24) is 4.57 Å². The Morgan fingerprint density at radius 2 is 1.65 bits per heavy atom. The zero-order valence-electron chi connectivity index (χ0n) is 16.6. The van der Waals surface area contributed by atoms with Crippen LogP contribution in [0.15, 0.2) is 95.9 Å². The third-order valence-electron chi connectivity index (χ3n) is 5.12. The van der Waals surface area contributed by atoms with Crippen molar-refractivity contribution < 1.29 is 10.2 Å². The number of aliphatic hydroxyl groups excluding tert-OH is 1. The fraction of sp³-hybridized carbons (Fsp3) is 0.0769. The average Bonchev–Trinajstić information content (AvgIpc) is 2.81. The van der Waals surface area contributed by atoms with Crippen molar-refractivity contribution in [1.29, 1.82) is 5.26 Å². The van der Waals surface area contributed by atoms with E-state index in [1.807, 2.05) is 60.7 Å². The highest BCUT2D eigenvalue weighted by Gasteiger charge is 2.17. The van der Waals surface area contributed by atoms with Crippen molar-refractivity contribution in [2.75, 3.05) is 0 Å². The van der Waals surface area contributed by atoms with Crippen LogP contribution in [0.2, 0.25) is 0 Å². The van der Waals surface area contributed by atoms with Crippen LogP contribution in [0.3, 0.4) is 0 Å². The summed E-state index contributed by atoms with van der Waals surface area (Å²) in [6, 6.07) is 27.8. The molecule has 1 atom stereocenters. The first-order valence-electron chi connectivity index (χ1n) is 9.83. The van der Waals surface area contributed by atoms with E-state index in [0.717, 1.165) is 16.7 Å². The first kappa shape index (κ1) is 20.1. The maximum Gasteiger partial charge on any atom is 0.223 e. The van der Waals surface area contributed by atoms with E-state index in [2.05, 4.69) is 6.07 Å². The largest absolute Gasteiger partial charge is 0.503 e. The van der Waals surface area contributed by atoms with Crippen LogP contribution in [0, 0.1) is 11.3 Å². The summed E-state index contributed by atoms with van der Waals surface area (Å²) in [5.74, 6) is -0.396. The number of aliphatic hydroxyl groups is 1. The van der Waals surface area contributed by atoms with Gasteiger partial charge in [-0.1, -0.05) is 54.6 Å². The number of aromatic nitrogens is 1. The summed E-state index contributed by atoms with van der Waals surface area (Å²) in [7, 11) is 0. The van der Waals surface area contributed by atoms with Gasteiger partial charge in [0.1, 0.15) is 0 Å². The summed E-state index contributed by atoms with van der Waals surface area (Å²) in [4.78, 5) is 12.2. The van der Waals surface area contributed by atoms with E-state index in [0.29, 0.717) is 16.9 Å². The summed E-state index contributed by atoms with van der Waals surface area (Å²) < 4.78 is 1.63. The molecule has 0 aliphatic carbocycles. The monoisotopic (exact) mass is 408 g/mol. The normalized spacial score (nSPS) is 11.6. The van der Waals surface area contributed by atoms with Crippen LogP contribution in [0.25, 0.3) is 16.8 Å². The van der Waals surface area contributed by atoms with Gasteiger partial charge in [-0.05, 0) is 41.0 Å². The maximum absolute atomic E-state index is 12.2. The quantitative estimate of drug-likeness (QED) is 0.514. The lowest BCUT2D eigenvalue weighted by Crippen LogP contribution is -2.16. The second-order valence-corrected chi connectivity index (χ2v) is 7.27. The van der Waals surface area contributed by atoms with Gasteiger partial charge in [0.2, 0.25) is 5.43 Å². The first-order valence-corrected chi connectivity index (χ1v) is 9.83. The van der Waals surface area contributed by atoms with Gasteiger partial charge in [0.15, 0.2) is 5.75 Å². The zero-order valence-corrected chi connectivity index (χ0v) is 16.6. The topological polar surface area (TPSA) is 86.2 Å². The lowest BCUT2D eigenvalue weighted by atomic mass is 10.0. The smallest absolute Gasteiger partial charge is 0.223 e. The van der Waals surface area contributed by atoms with E-state index in [-0.39, 0.29) is 6.42 Å².